The Morgan fingerprint density at radius 3 is 2.89 bits per heavy atom. The summed E-state index contributed by atoms with van der Waals surface area (Å²) in [5.41, 5.74) is 0. The average molecular weight is 256 g/mol. The maximum absolute atomic E-state index is 8.97. The zero-order chi connectivity index (χ0) is 13.2. The minimum Gasteiger partial charge on any atom is -0.396 e. The largest absolute Gasteiger partial charge is 0.396 e. The summed E-state index contributed by atoms with van der Waals surface area (Å²) < 4.78 is 0. The zero-order valence-electron chi connectivity index (χ0n) is 12.3. The molecule has 3 heteroatoms. The predicted molar refractivity (Wildman–Crippen MR) is 77.9 cm³/mol. The highest BCUT2D eigenvalue weighted by Crippen LogP contribution is 2.12. The van der Waals surface area contributed by atoms with E-state index in [1.54, 1.807) is 0 Å². The summed E-state index contributed by atoms with van der Waals surface area (Å²) in [5, 5.41) is 12.7. The molecular formula is C15H32N2O. The highest BCUT2D eigenvalue weighted by atomic mass is 16.3. The summed E-state index contributed by atoms with van der Waals surface area (Å²) in [4.78, 5) is 2.61. The number of hydrogen-bond donors (Lipinski definition) is 2. The van der Waals surface area contributed by atoms with Gasteiger partial charge in [-0.3, -0.25) is 0 Å². The number of aliphatic hydroxyl groups is 1. The van der Waals surface area contributed by atoms with Crippen LogP contribution in [0.1, 0.15) is 52.4 Å². The van der Waals surface area contributed by atoms with Gasteiger partial charge in [-0.2, -0.15) is 0 Å². The van der Waals surface area contributed by atoms with Crippen LogP contribution in [0.25, 0.3) is 0 Å². The molecule has 0 amide bonds. The second-order valence-electron chi connectivity index (χ2n) is 5.85. The van der Waals surface area contributed by atoms with Crippen molar-refractivity contribution in [3.63, 3.8) is 0 Å². The highest BCUT2D eigenvalue weighted by molar-refractivity contribution is 4.74. The van der Waals surface area contributed by atoms with Crippen LogP contribution >= 0.6 is 0 Å². The molecule has 1 aliphatic rings. The van der Waals surface area contributed by atoms with Gasteiger partial charge in [-0.15, -0.1) is 0 Å². The standard InChI is InChI=1S/C15H32N2O/c1-3-10-17-11-5-7-15(8-12-17)16-9-4-6-14(2)13-18/h14-16,18H,3-13H2,1-2H3. The molecular weight excluding hydrogens is 224 g/mol. The fourth-order valence-electron chi connectivity index (χ4n) is 2.75. The van der Waals surface area contributed by atoms with Gasteiger partial charge in [0.15, 0.2) is 0 Å². The maximum atomic E-state index is 8.97. The molecule has 0 aliphatic carbocycles. The Balaban J connectivity index is 2.08. The molecule has 1 heterocycles. The van der Waals surface area contributed by atoms with Crippen molar-refractivity contribution < 1.29 is 5.11 Å². The van der Waals surface area contributed by atoms with Gasteiger partial charge >= 0.3 is 0 Å². The molecule has 0 spiro atoms. The molecule has 3 nitrogen and oxygen atoms in total. The summed E-state index contributed by atoms with van der Waals surface area (Å²) >= 11 is 0. The molecule has 0 aromatic carbocycles. The summed E-state index contributed by atoms with van der Waals surface area (Å²) in [5.74, 6) is 0.459. The quantitative estimate of drug-likeness (QED) is 0.654. The monoisotopic (exact) mass is 256 g/mol. The first-order valence-corrected chi connectivity index (χ1v) is 7.82. The van der Waals surface area contributed by atoms with E-state index in [0.29, 0.717) is 12.5 Å². The van der Waals surface area contributed by atoms with Gasteiger partial charge in [-0.25, -0.2) is 0 Å². The fourth-order valence-corrected chi connectivity index (χ4v) is 2.75. The Kier molecular flexibility index (Phi) is 8.64. The van der Waals surface area contributed by atoms with Gasteiger partial charge in [0, 0.05) is 12.6 Å². The third-order valence-corrected chi connectivity index (χ3v) is 3.98. The van der Waals surface area contributed by atoms with Crippen molar-refractivity contribution in [2.75, 3.05) is 32.8 Å². The van der Waals surface area contributed by atoms with E-state index in [9.17, 15) is 0 Å². The fraction of sp³-hybridized carbons (Fsp3) is 1.00. The predicted octanol–water partition coefficient (Wildman–Crippen LogP) is 2.25. The lowest BCUT2D eigenvalue weighted by atomic mass is 10.1. The van der Waals surface area contributed by atoms with E-state index in [1.165, 1.54) is 51.7 Å². The van der Waals surface area contributed by atoms with Crippen molar-refractivity contribution in [3.8, 4) is 0 Å². The van der Waals surface area contributed by atoms with Crippen LogP contribution in [0.4, 0.5) is 0 Å². The number of likely N-dealkylation sites (tertiary alicyclic amines) is 1. The summed E-state index contributed by atoms with van der Waals surface area (Å²) in [6.07, 6.45) is 7.57. The van der Waals surface area contributed by atoms with Gasteiger partial charge in [0.05, 0.1) is 0 Å². The molecule has 108 valence electrons. The lowest BCUT2D eigenvalue weighted by Crippen LogP contribution is -2.32. The molecule has 2 atom stereocenters. The average Bonchev–Trinajstić information content (AvgIpc) is 2.60. The summed E-state index contributed by atoms with van der Waals surface area (Å²) in [6, 6.07) is 0.719. The topological polar surface area (TPSA) is 35.5 Å². The Labute approximate surface area is 113 Å². The van der Waals surface area contributed by atoms with E-state index < -0.39 is 0 Å². The molecule has 2 N–H and O–H groups in total. The van der Waals surface area contributed by atoms with Gasteiger partial charge in [0.2, 0.25) is 0 Å². The zero-order valence-corrected chi connectivity index (χ0v) is 12.3. The molecule has 1 fully saturated rings. The first-order valence-electron chi connectivity index (χ1n) is 7.82. The lowest BCUT2D eigenvalue weighted by Gasteiger charge is -2.19. The lowest BCUT2D eigenvalue weighted by molar-refractivity contribution is 0.227. The van der Waals surface area contributed by atoms with Crippen LogP contribution in [-0.2, 0) is 0 Å². The van der Waals surface area contributed by atoms with Crippen molar-refractivity contribution in [2.24, 2.45) is 5.92 Å². The van der Waals surface area contributed by atoms with Crippen LogP contribution in [0.5, 0.6) is 0 Å². The number of hydrogen-bond acceptors (Lipinski definition) is 3. The SMILES string of the molecule is CCCN1CCCC(NCCCC(C)CO)CC1. The normalized spacial score (nSPS) is 23.8. The Bertz CT molecular complexity index is 199. The number of rotatable bonds is 8. The van der Waals surface area contributed by atoms with Crippen LogP contribution in [0.2, 0.25) is 0 Å². The van der Waals surface area contributed by atoms with Crippen LogP contribution in [0.3, 0.4) is 0 Å². The van der Waals surface area contributed by atoms with Crippen LogP contribution in [-0.4, -0.2) is 48.8 Å². The molecule has 1 saturated heterocycles. The molecule has 0 saturated carbocycles. The van der Waals surface area contributed by atoms with Crippen LogP contribution < -0.4 is 5.32 Å². The van der Waals surface area contributed by atoms with Gasteiger partial charge < -0.3 is 15.3 Å². The molecule has 1 rings (SSSR count). The van der Waals surface area contributed by atoms with Gasteiger partial charge in [-0.05, 0) is 70.6 Å². The van der Waals surface area contributed by atoms with Crippen molar-refractivity contribution in [1.82, 2.24) is 10.2 Å². The summed E-state index contributed by atoms with van der Waals surface area (Å²) in [6.45, 7) is 9.64. The highest BCUT2D eigenvalue weighted by Gasteiger charge is 2.15. The van der Waals surface area contributed by atoms with E-state index in [2.05, 4.69) is 24.1 Å². The molecule has 0 bridgehead atoms. The van der Waals surface area contributed by atoms with E-state index >= 15 is 0 Å². The molecule has 18 heavy (non-hydrogen) atoms. The molecule has 1 aliphatic heterocycles. The molecule has 0 aromatic heterocycles. The number of aliphatic hydroxyl groups excluding tert-OH is 1. The van der Waals surface area contributed by atoms with E-state index in [4.69, 9.17) is 5.11 Å². The molecule has 0 radical (unpaired) electrons. The molecule has 2 unspecified atom stereocenters. The third-order valence-electron chi connectivity index (χ3n) is 3.98. The van der Waals surface area contributed by atoms with Crippen molar-refractivity contribution in [2.45, 2.75) is 58.4 Å². The van der Waals surface area contributed by atoms with Crippen molar-refractivity contribution >= 4 is 0 Å². The number of nitrogens with zero attached hydrogens (tertiary/aromatic N) is 1. The smallest absolute Gasteiger partial charge is 0.0456 e. The second-order valence-corrected chi connectivity index (χ2v) is 5.85. The first-order chi connectivity index (χ1) is 8.76. The summed E-state index contributed by atoms with van der Waals surface area (Å²) in [7, 11) is 0. The van der Waals surface area contributed by atoms with Crippen LogP contribution in [0.15, 0.2) is 0 Å². The minimum atomic E-state index is 0.329. The van der Waals surface area contributed by atoms with E-state index in [-0.39, 0.29) is 0 Å². The maximum Gasteiger partial charge on any atom is 0.0456 e. The molecule has 0 aromatic rings. The van der Waals surface area contributed by atoms with Gasteiger partial charge in [0.25, 0.3) is 0 Å². The number of nitrogens with one attached hydrogen (secondary N) is 1. The van der Waals surface area contributed by atoms with Crippen molar-refractivity contribution in [1.29, 1.82) is 0 Å². The Morgan fingerprint density at radius 2 is 2.17 bits per heavy atom. The third kappa shape index (κ3) is 6.72. The first kappa shape index (κ1) is 15.9. The van der Waals surface area contributed by atoms with Gasteiger partial charge in [0.1, 0.15) is 0 Å². The van der Waals surface area contributed by atoms with Gasteiger partial charge in [-0.1, -0.05) is 13.8 Å². The van der Waals surface area contributed by atoms with E-state index in [0.717, 1.165) is 19.0 Å². The van der Waals surface area contributed by atoms with Crippen LogP contribution in [0, 0.1) is 5.92 Å². The Hall–Kier alpha value is -0.120. The van der Waals surface area contributed by atoms with Crippen molar-refractivity contribution in [3.05, 3.63) is 0 Å². The second kappa shape index (κ2) is 9.76. The Morgan fingerprint density at radius 1 is 1.33 bits per heavy atom. The van der Waals surface area contributed by atoms with E-state index in [1.807, 2.05) is 0 Å². The minimum absolute atomic E-state index is 0.329.